The fraction of sp³-hybridized carbons (Fsp3) is 0.550. The standard InChI is InChI=1S/C20H29N3O3/c1-6-20(7-2)18(25)23(19(26)22-20)12-17(24)21-9-8-16-14(4)10-13(3)11-15(16)5/h10-11H,6-9,12H2,1-5H3,(H,21,24)(H,22,26). The van der Waals surface area contributed by atoms with Crippen LogP contribution in [0.3, 0.4) is 0 Å². The van der Waals surface area contributed by atoms with Gasteiger partial charge in [0.2, 0.25) is 5.91 Å². The molecule has 1 aliphatic heterocycles. The highest BCUT2D eigenvalue weighted by atomic mass is 16.2. The number of urea groups is 1. The number of carbonyl (C=O) groups is 3. The van der Waals surface area contributed by atoms with E-state index in [1.54, 1.807) is 0 Å². The van der Waals surface area contributed by atoms with E-state index in [9.17, 15) is 14.4 Å². The minimum Gasteiger partial charge on any atom is -0.354 e. The molecule has 0 saturated carbocycles. The summed E-state index contributed by atoms with van der Waals surface area (Å²) >= 11 is 0. The van der Waals surface area contributed by atoms with E-state index in [2.05, 4.69) is 43.5 Å². The molecule has 1 fully saturated rings. The molecule has 0 aliphatic carbocycles. The van der Waals surface area contributed by atoms with E-state index in [0.29, 0.717) is 19.4 Å². The Balaban J connectivity index is 1.92. The van der Waals surface area contributed by atoms with Gasteiger partial charge in [0.25, 0.3) is 5.91 Å². The Labute approximate surface area is 155 Å². The minimum atomic E-state index is -0.868. The number of amides is 4. The molecular weight excluding hydrogens is 330 g/mol. The summed E-state index contributed by atoms with van der Waals surface area (Å²) in [6.07, 6.45) is 1.74. The summed E-state index contributed by atoms with van der Waals surface area (Å²) in [4.78, 5) is 37.8. The molecule has 1 aromatic carbocycles. The van der Waals surface area contributed by atoms with Gasteiger partial charge in [-0.25, -0.2) is 4.79 Å². The fourth-order valence-electron chi connectivity index (χ4n) is 3.68. The van der Waals surface area contributed by atoms with E-state index < -0.39 is 11.6 Å². The molecule has 0 bridgehead atoms. The zero-order valence-corrected chi connectivity index (χ0v) is 16.4. The number of nitrogens with zero attached hydrogens (tertiary/aromatic N) is 1. The molecular formula is C20H29N3O3. The van der Waals surface area contributed by atoms with Crippen LogP contribution in [0, 0.1) is 20.8 Å². The molecule has 0 aromatic heterocycles. The third-order valence-electron chi connectivity index (χ3n) is 5.29. The van der Waals surface area contributed by atoms with Gasteiger partial charge < -0.3 is 10.6 Å². The second kappa shape index (κ2) is 7.89. The number of imide groups is 1. The van der Waals surface area contributed by atoms with Crippen LogP contribution in [0.2, 0.25) is 0 Å². The molecule has 0 atom stereocenters. The molecule has 6 nitrogen and oxygen atoms in total. The van der Waals surface area contributed by atoms with Crippen LogP contribution < -0.4 is 10.6 Å². The number of rotatable bonds is 7. The molecule has 1 heterocycles. The van der Waals surface area contributed by atoms with Gasteiger partial charge in [-0.05, 0) is 56.7 Å². The van der Waals surface area contributed by atoms with E-state index in [4.69, 9.17) is 0 Å². The topological polar surface area (TPSA) is 78.5 Å². The zero-order chi connectivity index (χ0) is 19.5. The highest BCUT2D eigenvalue weighted by Gasteiger charge is 2.49. The first-order valence-electron chi connectivity index (χ1n) is 9.21. The maximum Gasteiger partial charge on any atom is 0.325 e. The Morgan fingerprint density at radius 3 is 2.19 bits per heavy atom. The Hall–Kier alpha value is -2.37. The average Bonchev–Trinajstić information content (AvgIpc) is 2.81. The largest absolute Gasteiger partial charge is 0.354 e. The van der Waals surface area contributed by atoms with Crippen LogP contribution in [-0.2, 0) is 16.0 Å². The average molecular weight is 359 g/mol. The van der Waals surface area contributed by atoms with Gasteiger partial charge in [0, 0.05) is 6.54 Å². The van der Waals surface area contributed by atoms with Crippen molar-refractivity contribution in [2.45, 2.75) is 59.4 Å². The van der Waals surface area contributed by atoms with Crippen LogP contribution in [0.4, 0.5) is 4.79 Å². The van der Waals surface area contributed by atoms with Gasteiger partial charge in [0.05, 0.1) is 0 Å². The number of benzene rings is 1. The van der Waals surface area contributed by atoms with Crippen LogP contribution >= 0.6 is 0 Å². The summed E-state index contributed by atoms with van der Waals surface area (Å²) in [7, 11) is 0. The number of nitrogens with one attached hydrogen (secondary N) is 2. The first-order chi connectivity index (χ1) is 12.2. The van der Waals surface area contributed by atoms with Crippen molar-refractivity contribution in [2.24, 2.45) is 0 Å². The Morgan fingerprint density at radius 1 is 1.12 bits per heavy atom. The fourth-order valence-corrected chi connectivity index (χ4v) is 3.68. The Morgan fingerprint density at radius 2 is 1.69 bits per heavy atom. The van der Waals surface area contributed by atoms with Crippen molar-refractivity contribution < 1.29 is 14.4 Å². The number of carbonyl (C=O) groups excluding carboxylic acids is 3. The van der Waals surface area contributed by atoms with Crippen LogP contribution in [0.15, 0.2) is 12.1 Å². The maximum atomic E-state index is 12.5. The summed E-state index contributed by atoms with van der Waals surface area (Å²) in [5.41, 5.74) is 4.00. The van der Waals surface area contributed by atoms with Crippen molar-refractivity contribution >= 4 is 17.8 Å². The summed E-state index contributed by atoms with van der Waals surface area (Å²) in [6, 6.07) is 3.78. The summed E-state index contributed by atoms with van der Waals surface area (Å²) in [5, 5.41) is 5.55. The van der Waals surface area contributed by atoms with Gasteiger partial charge >= 0.3 is 6.03 Å². The first-order valence-corrected chi connectivity index (χ1v) is 9.21. The van der Waals surface area contributed by atoms with Crippen molar-refractivity contribution in [2.75, 3.05) is 13.1 Å². The predicted octanol–water partition coefficient (Wildman–Crippen LogP) is 2.38. The molecule has 1 aliphatic rings. The lowest BCUT2D eigenvalue weighted by atomic mass is 9.93. The smallest absolute Gasteiger partial charge is 0.325 e. The van der Waals surface area contributed by atoms with Gasteiger partial charge in [-0.3, -0.25) is 14.5 Å². The maximum absolute atomic E-state index is 12.5. The van der Waals surface area contributed by atoms with Crippen molar-refractivity contribution in [1.29, 1.82) is 0 Å². The molecule has 0 radical (unpaired) electrons. The molecule has 2 N–H and O–H groups in total. The minimum absolute atomic E-state index is 0.238. The molecule has 4 amide bonds. The second-order valence-electron chi connectivity index (χ2n) is 7.09. The van der Waals surface area contributed by atoms with E-state index >= 15 is 0 Å². The molecule has 0 unspecified atom stereocenters. The molecule has 1 aromatic rings. The van der Waals surface area contributed by atoms with E-state index in [1.807, 2.05) is 13.8 Å². The van der Waals surface area contributed by atoms with Crippen molar-refractivity contribution in [3.63, 3.8) is 0 Å². The van der Waals surface area contributed by atoms with Crippen molar-refractivity contribution in [3.8, 4) is 0 Å². The van der Waals surface area contributed by atoms with Gasteiger partial charge in [-0.1, -0.05) is 31.5 Å². The monoisotopic (exact) mass is 359 g/mol. The van der Waals surface area contributed by atoms with Crippen molar-refractivity contribution in [1.82, 2.24) is 15.5 Å². The van der Waals surface area contributed by atoms with Crippen molar-refractivity contribution in [3.05, 3.63) is 34.4 Å². The highest BCUT2D eigenvalue weighted by Crippen LogP contribution is 2.24. The van der Waals surface area contributed by atoms with Crippen LogP contribution in [-0.4, -0.2) is 41.4 Å². The van der Waals surface area contributed by atoms with E-state index in [-0.39, 0.29) is 18.4 Å². The zero-order valence-electron chi connectivity index (χ0n) is 16.4. The SMILES string of the molecule is CCC1(CC)NC(=O)N(CC(=O)NCCc2c(C)cc(C)cc2C)C1=O. The number of aryl methyl sites for hydroxylation is 3. The number of hydrogen-bond acceptors (Lipinski definition) is 3. The molecule has 1 saturated heterocycles. The Kier molecular flexibility index (Phi) is 6.05. The van der Waals surface area contributed by atoms with Gasteiger partial charge in [-0.15, -0.1) is 0 Å². The molecule has 2 rings (SSSR count). The van der Waals surface area contributed by atoms with E-state index in [0.717, 1.165) is 11.3 Å². The van der Waals surface area contributed by atoms with Crippen LogP contribution in [0.5, 0.6) is 0 Å². The summed E-state index contributed by atoms with van der Waals surface area (Å²) in [6.45, 7) is 10.2. The first kappa shape index (κ1) is 19.9. The predicted molar refractivity (Wildman–Crippen MR) is 101 cm³/mol. The van der Waals surface area contributed by atoms with Crippen LogP contribution in [0.1, 0.15) is 48.9 Å². The normalized spacial score (nSPS) is 16.0. The third-order valence-corrected chi connectivity index (χ3v) is 5.29. The molecule has 0 spiro atoms. The summed E-state index contributed by atoms with van der Waals surface area (Å²) in [5.74, 6) is -0.633. The number of hydrogen-bond donors (Lipinski definition) is 2. The molecule has 142 valence electrons. The lowest BCUT2D eigenvalue weighted by Gasteiger charge is -2.23. The summed E-state index contributed by atoms with van der Waals surface area (Å²) < 4.78 is 0. The molecule has 26 heavy (non-hydrogen) atoms. The lowest BCUT2D eigenvalue weighted by molar-refractivity contribution is -0.135. The van der Waals surface area contributed by atoms with Gasteiger partial charge in [-0.2, -0.15) is 0 Å². The second-order valence-corrected chi connectivity index (χ2v) is 7.09. The van der Waals surface area contributed by atoms with E-state index in [1.165, 1.54) is 22.3 Å². The third kappa shape index (κ3) is 3.89. The highest BCUT2D eigenvalue weighted by molar-refractivity contribution is 6.08. The van der Waals surface area contributed by atoms with Gasteiger partial charge in [0.15, 0.2) is 0 Å². The lowest BCUT2D eigenvalue weighted by Crippen LogP contribution is -2.46. The van der Waals surface area contributed by atoms with Gasteiger partial charge in [0.1, 0.15) is 12.1 Å². The quantitative estimate of drug-likeness (QED) is 0.734. The van der Waals surface area contributed by atoms with Crippen LogP contribution in [0.25, 0.3) is 0 Å². The molecule has 6 heteroatoms. The Bertz CT molecular complexity index is 700.